The Kier molecular flexibility index (Phi) is 4.23. The zero-order valence-corrected chi connectivity index (χ0v) is 14.5. The predicted molar refractivity (Wildman–Crippen MR) is 93.2 cm³/mol. The van der Waals surface area contributed by atoms with Crippen LogP contribution < -0.4 is 4.90 Å². The third kappa shape index (κ3) is 3.28. The molecule has 0 spiro atoms. The largest absolute Gasteiger partial charge is 0.463 e. The zero-order valence-electron chi connectivity index (χ0n) is 14.5. The lowest BCUT2D eigenvalue weighted by atomic mass is 10.2. The number of anilines is 1. The second-order valence-electron chi connectivity index (χ2n) is 6.32. The van der Waals surface area contributed by atoms with Crippen molar-refractivity contribution in [3.8, 4) is 11.5 Å². The Morgan fingerprint density at radius 2 is 1.88 bits per heavy atom. The van der Waals surface area contributed by atoms with E-state index in [2.05, 4.69) is 25.2 Å². The van der Waals surface area contributed by atoms with Gasteiger partial charge in [0.2, 0.25) is 0 Å². The van der Waals surface area contributed by atoms with E-state index in [1.165, 1.54) is 5.56 Å². The van der Waals surface area contributed by atoms with Crippen LogP contribution in [0.15, 0.2) is 39.5 Å². The molecule has 3 aromatic rings. The van der Waals surface area contributed by atoms with Crippen LogP contribution in [-0.4, -0.2) is 46.4 Å². The van der Waals surface area contributed by atoms with Gasteiger partial charge in [-0.3, -0.25) is 4.90 Å². The van der Waals surface area contributed by atoms with E-state index in [1.807, 2.05) is 38.1 Å². The quantitative estimate of drug-likeness (QED) is 0.723. The molecule has 0 aromatic carbocycles. The van der Waals surface area contributed by atoms with Gasteiger partial charge in [-0.05, 0) is 38.1 Å². The number of nitrogens with zero attached hydrogens (tertiary/aromatic N) is 5. The van der Waals surface area contributed by atoms with E-state index in [4.69, 9.17) is 8.94 Å². The molecule has 0 amide bonds. The highest BCUT2D eigenvalue weighted by atomic mass is 16.5. The fraction of sp³-hybridized carbons (Fsp3) is 0.389. The highest BCUT2D eigenvalue weighted by Gasteiger charge is 2.21. The summed E-state index contributed by atoms with van der Waals surface area (Å²) in [6, 6.07) is 7.70. The summed E-state index contributed by atoms with van der Waals surface area (Å²) in [6.45, 7) is 8.67. The van der Waals surface area contributed by atoms with Crippen LogP contribution in [0.1, 0.15) is 17.0 Å². The summed E-state index contributed by atoms with van der Waals surface area (Å²) in [4.78, 5) is 4.69. The van der Waals surface area contributed by atoms with Crippen molar-refractivity contribution in [1.29, 1.82) is 0 Å². The number of piperazine rings is 1. The van der Waals surface area contributed by atoms with Gasteiger partial charge in [-0.25, -0.2) is 0 Å². The van der Waals surface area contributed by atoms with E-state index < -0.39 is 0 Å². The molecule has 4 rings (SSSR count). The molecule has 0 aliphatic carbocycles. The molecule has 25 heavy (non-hydrogen) atoms. The number of furan rings is 1. The van der Waals surface area contributed by atoms with E-state index in [-0.39, 0.29) is 0 Å². The Hall–Kier alpha value is -2.67. The molecule has 0 saturated carbocycles. The molecular weight excluding hydrogens is 318 g/mol. The Morgan fingerprint density at radius 1 is 1.04 bits per heavy atom. The summed E-state index contributed by atoms with van der Waals surface area (Å²) in [5.41, 5.74) is 2.95. The highest BCUT2D eigenvalue weighted by Crippen LogP contribution is 2.21. The van der Waals surface area contributed by atoms with Crippen LogP contribution in [0.5, 0.6) is 0 Å². The van der Waals surface area contributed by atoms with Crippen LogP contribution in [0.3, 0.4) is 0 Å². The highest BCUT2D eigenvalue weighted by molar-refractivity contribution is 5.53. The molecule has 0 unspecified atom stereocenters. The lowest BCUT2D eigenvalue weighted by Crippen LogP contribution is -2.46. The topological polar surface area (TPSA) is 71.4 Å². The third-order valence-electron chi connectivity index (χ3n) is 4.68. The number of aryl methyl sites for hydroxylation is 2. The number of aromatic nitrogens is 3. The summed E-state index contributed by atoms with van der Waals surface area (Å²) in [7, 11) is 0. The molecule has 1 fully saturated rings. The minimum atomic E-state index is 0.739. The van der Waals surface area contributed by atoms with Gasteiger partial charge in [0.05, 0.1) is 12.0 Å². The van der Waals surface area contributed by atoms with Crippen LogP contribution in [0.4, 0.5) is 5.82 Å². The molecule has 4 heterocycles. The molecule has 7 heteroatoms. The molecule has 7 nitrogen and oxygen atoms in total. The Balaban J connectivity index is 1.37. The lowest BCUT2D eigenvalue weighted by molar-refractivity contribution is 0.247. The average molecular weight is 339 g/mol. The first-order valence-electron chi connectivity index (χ1n) is 8.47. The van der Waals surface area contributed by atoms with Crippen molar-refractivity contribution in [3.05, 3.63) is 47.5 Å². The van der Waals surface area contributed by atoms with Crippen molar-refractivity contribution in [3.63, 3.8) is 0 Å². The molecule has 0 N–H and O–H groups in total. The summed E-state index contributed by atoms with van der Waals surface area (Å²) >= 11 is 0. The zero-order chi connectivity index (χ0) is 17.2. The average Bonchev–Trinajstić information content (AvgIpc) is 3.29. The van der Waals surface area contributed by atoms with Gasteiger partial charge >= 0.3 is 0 Å². The third-order valence-corrected chi connectivity index (χ3v) is 4.68. The van der Waals surface area contributed by atoms with Crippen LogP contribution >= 0.6 is 0 Å². The van der Waals surface area contributed by atoms with Gasteiger partial charge in [0.25, 0.3) is 0 Å². The molecule has 0 atom stereocenters. The Bertz CT molecular complexity index is 798. The van der Waals surface area contributed by atoms with Crippen molar-refractivity contribution < 1.29 is 8.94 Å². The number of rotatable bonds is 4. The first-order valence-corrected chi connectivity index (χ1v) is 8.47. The van der Waals surface area contributed by atoms with E-state index >= 15 is 0 Å². The normalized spacial score (nSPS) is 15.7. The monoisotopic (exact) mass is 339 g/mol. The van der Waals surface area contributed by atoms with E-state index in [0.717, 1.165) is 61.4 Å². The molecule has 0 bridgehead atoms. The van der Waals surface area contributed by atoms with Crippen molar-refractivity contribution in [2.24, 2.45) is 0 Å². The van der Waals surface area contributed by atoms with Gasteiger partial charge in [0.15, 0.2) is 11.6 Å². The van der Waals surface area contributed by atoms with Crippen LogP contribution in [0, 0.1) is 13.8 Å². The molecule has 130 valence electrons. The van der Waals surface area contributed by atoms with Crippen LogP contribution in [0.2, 0.25) is 0 Å². The van der Waals surface area contributed by atoms with E-state index in [0.29, 0.717) is 0 Å². The van der Waals surface area contributed by atoms with Gasteiger partial charge in [0, 0.05) is 38.3 Å². The lowest BCUT2D eigenvalue weighted by Gasteiger charge is -2.35. The first kappa shape index (κ1) is 15.8. The second-order valence-corrected chi connectivity index (χ2v) is 6.32. The minimum Gasteiger partial charge on any atom is -0.463 e. The van der Waals surface area contributed by atoms with Gasteiger partial charge in [-0.1, -0.05) is 5.16 Å². The second kappa shape index (κ2) is 6.68. The maximum Gasteiger partial charge on any atom is 0.154 e. The van der Waals surface area contributed by atoms with Gasteiger partial charge in [-0.2, -0.15) is 0 Å². The maximum absolute atomic E-state index is 5.35. The van der Waals surface area contributed by atoms with Gasteiger partial charge < -0.3 is 13.8 Å². The van der Waals surface area contributed by atoms with Crippen LogP contribution in [-0.2, 0) is 6.54 Å². The SMILES string of the molecule is Cc1noc(C)c1CN1CCN(c2ccc(-c3ccco3)nn2)CC1. The van der Waals surface area contributed by atoms with Gasteiger partial charge in [-0.15, -0.1) is 10.2 Å². The molecule has 1 aliphatic rings. The fourth-order valence-electron chi connectivity index (χ4n) is 3.14. The molecule has 0 radical (unpaired) electrons. The van der Waals surface area contributed by atoms with Crippen LogP contribution in [0.25, 0.3) is 11.5 Å². The Labute approximate surface area is 146 Å². The van der Waals surface area contributed by atoms with Crippen molar-refractivity contribution in [1.82, 2.24) is 20.3 Å². The summed E-state index contributed by atoms with van der Waals surface area (Å²) in [5.74, 6) is 2.56. The van der Waals surface area contributed by atoms with E-state index in [9.17, 15) is 0 Å². The summed E-state index contributed by atoms with van der Waals surface area (Å²) in [5, 5.41) is 12.7. The van der Waals surface area contributed by atoms with Crippen molar-refractivity contribution in [2.45, 2.75) is 20.4 Å². The molecule has 3 aromatic heterocycles. The summed E-state index contributed by atoms with van der Waals surface area (Å²) < 4.78 is 10.6. The predicted octanol–water partition coefficient (Wildman–Crippen LogP) is 2.66. The van der Waals surface area contributed by atoms with E-state index in [1.54, 1.807) is 6.26 Å². The molecule has 1 aliphatic heterocycles. The number of hydrogen-bond donors (Lipinski definition) is 0. The summed E-state index contributed by atoms with van der Waals surface area (Å²) in [6.07, 6.45) is 1.64. The number of hydrogen-bond acceptors (Lipinski definition) is 7. The van der Waals surface area contributed by atoms with Crippen molar-refractivity contribution >= 4 is 5.82 Å². The van der Waals surface area contributed by atoms with Gasteiger partial charge in [0.1, 0.15) is 11.5 Å². The fourth-order valence-corrected chi connectivity index (χ4v) is 3.14. The maximum atomic E-state index is 5.35. The Morgan fingerprint density at radius 3 is 2.48 bits per heavy atom. The molecule has 1 saturated heterocycles. The first-order chi connectivity index (χ1) is 12.2. The van der Waals surface area contributed by atoms with Crippen molar-refractivity contribution in [2.75, 3.05) is 31.1 Å². The smallest absolute Gasteiger partial charge is 0.154 e. The molecular formula is C18H21N5O2. The standard InChI is InChI=1S/C18H21N5O2/c1-13-15(14(2)25-21-13)12-22-7-9-23(10-8-22)18-6-5-16(19-20-18)17-4-3-11-24-17/h3-6,11H,7-10,12H2,1-2H3. The minimum absolute atomic E-state index is 0.739.